The van der Waals surface area contributed by atoms with Gasteiger partial charge in [0.05, 0.1) is 43.9 Å². The first kappa shape index (κ1) is 14.6. The van der Waals surface area contributed by atoms with Crippen molar-refractivity contribution in [1.29, 1.82) is 5.26 Å². The van der Waals surface area contributed by atoms with E-state index in [2.05, 4.69) is 6.07 Å². The summed E-state index contributed by atoms with van der Waals surface area (Å²) in [4.78, 5) is 14.3. The summed E-state index contributed by atoms with van der Waals surface area (Å²) in [7, 11) is 0. The summed E-state index contributed by atoms with van der Waals surface area (Å²) in [6.45, 7) is 3.21. The fourth-order valence-electron chi connectivity index (χ4n) is 2.30. The van der Waals surface area contributed by atoms with E-state index < -0.39 is 5.41 Å². The highest BCUT2D eigenvalue weighted by Crippen LogP contribution is 2.30. The first-order chi connectivity index (χ1) is 9.58. The Bertz CT molecular complexity index is 494. The second-order valence-corrected chi connectivity index (χ2v) is 5.25. The van der Waals surface area contributed by atoms with Crippen LogP contribution in [0.15, 0.2) is 22.8 Å². The zero-order valence-electron chi connectivity index (χ0n) is 11.5. The van der Waals surface area contributed by atoms with E-state index in [0.717, 1.165) is 0 Å². The summed E-state index contributed by atoms with van der Waals surface area (Å²) in [6, 6.07) is 5.31. The minimum Gasteiger partial charge on any atom is -0.467 e. The summed E-state index contributed by atoms with van der Waals surface area (Å²) in [5.41, 5.74) is 5.26. The Balaban J connectivity index is 2.13. The number of hydrogen-bond donors (Lipinski definition) is 1. The molecule has 0 radical (unpaired) electrons. The molecule has 1 aromatic heterocycles. The van der Waals surface area contributed by atoms with E-state index >= 15 is 0 Å². The van der Waals surface area contributed by atoms with Gasteiger partial charge in [0.1, 0.15) is 5.76 Å². The number of amides is 1. The summed E-state index contributed by atoms with van der Waals surface area (Å²) in [6.07, 6.45) is 1.84. The third-order valence-electron chi connectivity index (χ3n) is 3.71. The van der Waals surface area contributed by atoms with Gasteiger partial charge in [-0.1, -0.05) is 0 Å². The van der Waals surface area contributed by atoms with Gasteiger partial charge in [0.25, 0.3) is 0 Å². The molecule has 1 aliphatic rings. The third-order valence-corrected chi connectivity index (χ3v) is 3.71. The predicted molar refractivity (Wildman–Crippen MR) is 71.3 cm³/mol. The first-order valence-electron chi connectivity index (χ1n) is 6.60. The molecule has 1 saturated heterocycles. The Morgan fingerprint density at radius 3 is 3.05 bits per heavy atom. The normalized spacial score (nSPS) is 25.4. The highest BCUT2D eigenvalue weighted by Gasteiger charge is 2.46. The molecule has 1 amide bonds. The van der Waals surface area contributed by atoms with Crippen molar-refractivity contribution in [2.45, 2.75) is 25.9 Å². The molecule has 1 aliphatic heterocycles. The van der Waals surface area contributed by atoms with Crippen molar-refractivity contribution in [3.05, 3.63) is 24.2 Å². The zero-order valence-corrected chi connectivity index (χ0v) is 11.5. The quantitative estimate of drug-likeness (QED) is 0.862. The van der Waals surface area contributed by atoms with E-state index in [-0.39, 0.29) is 18.4 Å². The van der Waals surface area contributed by atoms with Crippen LogP contribution in [0.5, 0.6) is 0 Å². The topological polar surface area (TPSA) is 92.5 Å². The van der Waals surface area contributed by atoms with Gasteiger partial charge in [-0.25, -0.2) is 0 Å². The largest absolute Gasteiger partial charge is 0.467 e. The van der Waals surface area contributed by atoms with Gasteiger partial charge < -0.3 is 19.8 Å². The van der Waals surface area contributed by atoms with Gasteiger partial charge in [0.2, 0.25) is 5.91 Å². The van der Waals surface area contributed by atoms with Gasteiger partial charge >= 0.3 is 0 Å². The standard InChI is InChI=1S/C14H19N3O3/c1-14(10-19-9-12(14)16)13(18)17(6-3-5-15)8-11-4-2-7-20-11/h2,4,7,12H,3,6,8-10,16H2,1H3. The van der Waals surface area contributed by atoms with Crippen LogP contribution < -0.4 is 5.73 Å². The van der Waals surface area contributed by atoms with E-state index in [0.29, 0.717) is 32.1 Å². The molecule has 0 aromatic carbocycles. The van der Waals surface area contributed by atoms with E-state index in [1.54, 1.807) is 23.3 Å². The van der Waals surface area contributed by atoms with Gasteiger partial charge in [0, 0.05) is 12.6 Å². The van der Waals surface area contributed by atoms with E-state index in [9.17, 15) is 4.79 Å². The number of carbonyl (C=O) groups excluding carboxylic acids is 1. The van der Waals surface area contributed by atoms with Crippen LogP contribution in [0, 0.1) is 16.7 Å². The highest BCUT2D eigenvalue weighted by molar-refractivity contribution is 5.83. The average molecular weight is 277 g/mol. The monoisotopic (exact) mass is 277 g/mol. The van der Waals surface area contributed by atoms with Crippen LogP contribution in [-0.4, -0.2) is 36.6 Å². The average Bonchev–Trinajstić information content (AvgIpc) is 3.05. The van der Waals surface area contributed by atoms with Gasteiger partial charge in [-0.15, -0.1) is 0 Å². The van der Waals surface area contributed by atoms with Gasteiger partial charge in [-0.3, -0.25) is 4.79 Å². The van der Waals surface area contributed by atoms with Crippen molar-refractivity contribution in [2.75, 3.05) is 19.8 Å². The van der Waals surface area contributed by atoms with Crippen LogP contribution >= 0.6 is 0 Å². The Kier molecular flexibility index (Phi) is 4.42. The van der Waals surface area contributed by atoms with Gasteiger partial charge in [0.15, 0.2) is 0 Å². The lowest BCUT2D eigenvalue weighted by Crippen LogP contribution is -2.51. The lowest BCUT2D eigenvalue weighted by Gasteiger charge is -2.32. The van der Waals surface area contributed by atoms with Crippen molar-refractivity contribution in [3.8, 4) is 6.07 Å². The molecular weight excluding hydrogens is 258 g/mol. The van der Waals surface area contributed by atoms with E-state index in [1.807, 2.05) is 6.92 Å². The maximum absolute atomic E-state index is 12.7. The summed E-state index contributed by atoms with van der Waals surface area (Å²) >= 11 is 0. The Morgan fingerprint density at radius 1 is 1.70 bits per heavy atom. The molecule has 6 nitrogen and oxygen atoms in total. The van der Waals surface area contributed by atoms with Crippen LogP contribution in [0.2, 0.25) is 0 Å². The molecule has 2 rings (SSSR count). The molecule has 2 atom stereocenters. The SMILES string of the molecule is CC1(C(=O)N(CCC#N)Cc2ccco2)COCC1N. The van der Waals surface area contributed by atoms with Crippen molar-refractivity contribution < 1.29 is 13.9 Å². The number of nitrogens with two attached hydrogens (primary N) is 1. The molecule has 1 fully saturated rings. The fraction of sp³-hybridized carbons (Fsp3) is 0.571. The second kappa shape index (κ2) is 6.07. The molecule has 6 heteroatoms. The van der Waals surface area contributed by atoms with Crippen LogP contribution in [-0.2, 0) is 16.1 Å². The number of rotatable bonds is 5. The van der Waals surface area contributed by atoms with Crippen LogP contribution in [0.25, 0.3) is 0 Å². The molecule has 0 bridgehead atoms. The summed E-state index contributed by atoms with van der Waals surface area (Å²) in [5.74, 6) is 0.599. The molecule has 0 saturated carbocycles. The number of carbonyl (C=O) groups is 1. The fourth-order valence-corrected chi connectivity index (χ4v) is 2.30. The van der Waals surface area contributed by atoms with Crippen molar-refractivity contribution in [1.82, 2.24) is 4.90 Å². The summed E-state index contributed by atoms with van der Waals surface area (Å²) < 4.78 is 10.6. The van der Waals surface area contributed by atoms with Crippen molar-refractivity contribution in [3.63, 3.8) is 0 Å². The van der Waals surface area contributed by atoms with E-state index in [1.165, 1.54) is 0 Å². The molecule has 2 unspecified atom stereocenters. The minimum atomic E-state index is -0.734. The van der Waals surface area contributed by atoms with E-state index in [4.69, 9.17) is 20.1 Å². The van der Waals surface area contributed by atoms with Gasteiger partial charge in [-0.05, 0) is 19.1 Å². The number of ether oxygens (including phenoxy) is 1. The zero-order chi connectivity index (χ0) is 14.6. The van der Waals surface area contributed by atoms with Crippen LogP contribution in [0.1, 0.15) is 19.1 Å². The molecule has 0 aliphatic carbocycles. The summed E-state index contributed by atoms with van der Waals surface area (Å²) in [5, 5.41) is 8.74. The number of furan rings is 1. The Hall–Kier alpha value is -1.84. The lowest BCUT2D eigenvalue weighted by molar-refractivity contribution is -0.142. The highest BCUT2D eigenvalue weighted by atomic mass is 16.5. The molecular formula is C14H19N3O3. The van der Waals surface area contributed by atoms with Gasteiger partial charge in [-0.2, -0.15) is 5.26 Å². The Labute approximate surface area is 118 Å². The number of nitriles is 1. The molecule has 2 N–H and O–H groups in total. The van der Waals surface area contributed by atoms with Crippen LogP contribution in [0.4, 0.5) is 0 Å². The molecule has 1 aromatic rings. The maximum atomic E-state index is 12.7. The van der Waals surface area contributed by atoms with Crippen molar-refractivity contribution >= 4 is 5.91 Å². The third kappa shape index (κ3) is 2.84. The smallest absolute Gasteiger partial charge is 0.232 e. The van der Waals surface area contributed by atoms with Crippen molar-refractivity contribution in [2.24, 2.45) is 11.1 Å². The number of nitrogens with zero attached hydrogens (tertiary/aromatic N) is 2. The molecule has 20 heavy (non-hydrogen) atoms. The lowest BCUT2D eigenvalue weighted by atomic mass is 9.84. The Morgan fingerprint density at radius 2 is 2.50 bits per heavy atom. The maximum Gasteiger partial charge on any atom is 0.232 e. The number of hydrogen-bond acceptors (Lipinski definition) is 5. The second-order valence-electron chi connectivity index (χ2n) is 5.25. The first-order valence-corrected chi connectivity index (χ1v) is 6.60. The predicted octanol–water partition coefficient (Wildman–Crippen LogP) is 0.886. The minimum absolute atomic E-state index is 0.0887. The molecule has 2 heterocycles. The molecule has 108 valence electrons. The molecule has 0 spiro atoms. The van der Waals surface area contributed by atoms with Crippen LogP contribution in [0.3, 0.4) is 0 Å².